The van der Waals surface area contributed by atoms with Gasteiger partial charge < -0.3 is 10.6 Å². The van der Waals surface area contributed by atoms with Crippen LogP contribution in [-0.4, -0.2) is 16.6 Å². The molecular formula is C10H15N3S. The van der Waals surface area contributed by atoms with Crippen LogP contribution in [0, 0.1) is 5.92 Å². The van der Waals surface area contributed by atoms with Crippen molar-refractivity contribution in [2.24, 2.45) is 5.92 Å². The highest BCUT2D eigenvalue weighted by Gasteiger charge is 1.98. The number of hydrogen-bond donors (Lipinski definition) is 2. The van der Waals surface area contributed by atoms with Crippen molar-refractivity contribution in [3.05, 3.63) is 24.4 Å². The third kappa shape index (κ3) is 4.18. The molecule has 1 rings (SSSR count). The predicted molar refractivity (Wildman–Crippen MR) is 63.3 cm³/mol. The standard InChI is InChI=1S/C10H15N3S/c1-8(2)7-12-10(14)13-9-5-3-4-6-11-9/h3-6,8H,7H2,1-2H3,(H2,11,12,13,14). The van der Waals surface area contributed by atoms with E-state index >= 15 is 0 Å². The molecule has 0 aliphatic carbocycles. The third-order valence-electron chi connectivity index (χ3n) is 1.58. The van der Waals surface area contributed by atoms with E-state index in [1.54, 1.807) is 6.20 Å². The average Bonchev–Trinajstić information content (AvgIpc) is 2.16. The van der Waals surface area contributed by atoms with Gasteiger partial charge in [-0.3, -0.25) is 0 Å². The SMILES string of the molecule is CC(C)CNC(=S)Nc1ccccn1. The molecular weight excluding hydrogens is 194 g/mol. The van der Waals surface area contributed by atoms with Crippen LogP contribution in [0.1, 0.15) is 13.8 Å². The Kier molecular flexibility index (Phi) is 4.32. The molecule has 0 aliphatic rings. The molecule has 14 heavy (non-hydrogen) atoms. The first-order valence-electron chi connectivity index (χ1n) is 4.64. The number of thiocarbonyl (C=S) groups is 1. The summed E-state index contributed by atoms with van der Waals surface area (Å²) in [6.07, 6.45) is 1.73. The Hall–Kier alpha value is -1.16. The topological polar surface area (TPSA) is 37.0 Å². The van der Waals surface area contributed by atoms with Gasteiger partial charge in [0.1, 0.15) is 5.82 Å². The van der Waals surface area contributed by atoms with E-state index in [0.717, 1.165) is 12.4 Å². The number of pyridine rings is 1. The molecule has 0 fully saturated rings. The minimum atomic E-state index is 0.582. The van der Waals surface area contributed by atoms with Crippen LogP contribution in [0.25, 0.3) is 0 Å². The van der Waals surface area contributed by atoms with Gasteiger partial charge in [-0.25, -0.2) is 4.98 Å². The fourth-order valence-electron chi connectivity index (χ4n) is 0.894. The predicted octanol–water partition coefficient (Wildman–Crippen LogP) is 2.02. The first-order chi connectivity index (χ1) is 6.68. The number of rotatable bonds is 3. The van der Waals surface area contributed by atoms with Gasteiger partial charge in [0.15, 0.2) is 5.11 Å². The van der Waals surface area contributed by atoms with Gasteiger partial charge in [-0.2, -0.15) is 0 Å². The van der Waals surface area contributed by atoms with Gasteiger partial charge in [-0.05, 0) is 30.3 Å². The molecule has 0 spiro atoms. The molecule has 0 amide bonds. The van der Waals surface area contributed by atoms with Crippen molar-refractivity contribution in [1.29, 1.82) is 0 Å². The van der Waals surface area contributed by atoms with Crippen LogP contribution >= 0.6 is 12.2 Å². The minimum absolute atomic E-state index is 0.582. The Morgan fingerprint density at radius 2 is 2.29 bits per heavy atom. The van der Waals surface area contributed by atoms with Crippen molar-refractivity contribution in [3.63, 3.8) is 0 Å². The van der Waals surface area contributed by atoms with Crippen LogP contribution in [0.15, 0.2) is 24.4 Å². The lowest BCUT2D eigenvalue weighted by atomic mass is 10.2. The van der Waals surface area contributed by atoms with Crippen molar-refractivity contribution >= 4 is 23.1 Å². The highest BCUT2D eigenvalue weighted by molar-refractivity contribution is 7.80. The Labute approximate surface area is 89.9 Å². The Balaban J connectivity index is 2.35. The molecule has 1 aromatic heterocycles. The molecule has 0 aliphatic heterocycles. The lowest BCUT2D eigenvalue weighted by Crippen LogP contribution is -2.31. The third-order valence-corrected chi connectivity index (χ3v) is 1.82. The van der Waals surface area contributed by atoms with E-state index < -0.39 is 0 Å². The van der Waals surface area contributed by atoms with Crippen molar-refractivity contribution < 1.29 is 0 Å². The van der Waals surface area contributed by atoms with E-state index in [4.69, 9.17) is 12.2 Å². The van der Waals surface area contributed by atoms with Gasteiger partial charge in [0.05, 0.1) is 0 Å². The van der Waals surface area contributed by atoms with Crippen LogP contribution in [0.4, 0.5) is 5.82 Å². The van der Waals surface area contributed by atoms with E-state index in [9.17, 15) is 0 Å². The molecule has 3 nitrogen and oxygen atoms in total. The highest BCUT2D eigenvalue weighted by atomic mass is 32.1. The summed E-state index contributed by atoms with van der Waals surface area (Å²) in [5.74, 6) is 1.35. The van der Waals surface area contributed by atoms with Crippen LogP contribution in [0.2, 0.25) is 0 Å². The van der Waals surface area contributed by atoms with E-state index in [-0.39, 0.29) is 0 Å². The van der Waals surface area contributed by atoms with E-state index in [2.05, 4.69) is 29.5 Å². The summed E-state index contributed by atoms with van der Waals surface area (Å²) in [7, 11) is 0. The van der Waals surface area contributed by atoms with E-state index in [0.29, 0.717) is 11.0 Å². The summed E-state index contributed by atoms with van der Waals surface area (Å²) in [5.41, 5.74) is 0. The van der Waals surface area contributed by atoms with Gasteiger partial charge in [0.25, 0.3) is 0 Å². The minimum Gasteiger partial charge on any atom is -0.362 e. The molecule has 76 valence electrons. The number of nitrogens with zero attached hydrogens (tertiary/aromatic N) is 1. The van der Waals surface area contributed by atoms with Crippen LogP contribution in [-0.2, 0) is 0 Å². The largest absolute Gasteiger partial charge is 0.362 e. The summed E-state index contributed by atoms with van der Waals surface area (Å²) in [5, 5.41) is 6.74. The molecule has 4 heteroatoms. The summed E-state index contributed by atoms with van der Waals surface area (Å²) < 4.78 is 0. The summed E-state index contributed by atoms with van der Waals surface area (Å²) in [6.45, 7) is 5.14. The average molecular weight is 209 g/mol. The second-order valence-electron chi connectivity index (χ2n) is 3.44. The van der Waals surface area contributed by atoms with Crippen molar-refractivity contribution in [2.75, 3.05) is 11.9 Å². The molecule has 0 atom stereocenters. The smallest absolute Gasteiger partial charge is 0.171 e. The zero-order valence-corrected chi connectivity index (χ0v) is 9.27. The van der Waals surface area contributed by atoms with Crippen LogP contribution in [0.3, 0.4) is 0 Å². The van der Waals surface area contributed by atoms with E-state index in [1.807, 2.05) is 18.2 Å². The quantitative estimate of drug-likeness (QED) is 0.747. The molecule has 0 aromatic carbocycles. The maximum absolute atomic E-state index is 5.09. The molecule has 0 saturated carbocycles. The molecule has 0 saturated heterocycles. The number of nitrogens with one attached hydrogen (secondary N) is 2. The monoisotopic (exact) mass is 209 g/mol. The molecule has 1 aromatic rings. The van der Waals surface area contributed by atoms with Gasteiger partial charge >= 0.3 is 0 Å². The fourth-order valence-corrected chi connectivity index (χ4v) is 1.08. The Morgan fingerprint density at radius 1 is 1.50 bits per heavy atom. The normalized spacial score (nSPS) is 9.93. The lowest BCUT2D eigenvalue weighted by Gasteiger charge is -2.11. The zero-order valence-electron chi connectivity index (χ0n) is 8.45. The van der Waals surface area contributed by atoms with Gasteiger partial charge in [-0.15, -0.1) is 0 Å². The second kappa shape index (κ2) is 5.54. The number of anilines is 1. The Morgan fingerprint density at radius 3 is 2.86 bits per heavy atom. The van der Waals surface area contributed by atoms with Crippen LogP contribution < -0.4 is 10.6 Å². The summed E-state index contributed by atoms with van der Waals surface area (Å²) in [6, 6.07) is 5.67. The first-order valence-corrected chi connectivity index (χ1v) is 5.05. The molecule has 0 radical (unpaired) electrons. The van der Waals surface area contributed by atoms with Crippen LogP contribution in [0.5, 0.6) is 0 Å². The van der Waals surface area contributed by atoms with E-state index in [1.165, 1.54) is 0 Å². The summed E-state index contributed by atoms with van der Waals surface area (Å²) >= 11 is 5.09. The molecule has 0 unspecified atom stereocenters. The van der Waals surface area contributed by atoms with Gasteiger partial charge in [-0.1, -0.05) is 19.9 Å². The van der Waals surface area contributed by atoms with Gasteiger partial charge in [0.2, 0.25) is 0 Å². The first kappa shape index (κ1) is 10.9. The van der Waals surface area contributed by atoms with Crippen molar-refractivity contribution in [1.82, 2.24) is 10.3 Å². The van der Waals surface area contributed by atoms with Crippen molar-refractivity contribution in [3.8, 4) is 0 Å². The fraction of sp³-hybridized carbons (Fsp3) is 0.400. The molecule has 2 N–H and O–H groups in total. The van der Waals surface area contributed by atoms with Gasteiger partial charge in [0, 0.05) is 12.7 Å². The number of hydrogen-bond acceptors (Lipinski definition) is 2. The molecule has 0 bridgehead atoms. The summed E-state index contributed by atoms with van der Waals surface area (Å²) in [4.78, 5) is 4.11. The molecule has 1 heterocycles. The number of aromatic nitrogens is 1. The Bertz CT molecular complexity index is 285. The zero-order chi connectivity index (χ0) is 10.4. The maximum atomic E-state index is 5.09. The second-order valence-corrected chi connectivity index (χ2v) is 3.85. The maximum Gasteiger partial charge on any atom is 0.171 e. The lowest BCUT2D eigenvalue weighted by molar-refractivity contribution is 0.627. The highest BCUT2D eigenvalue weighted by Crippen LogP contribution is 1.99. The van der Waals surface area contributed by atoms with Crippen molar-refractivity contribution in [2.45, 2.75) is 13.8 Å².